The lowest BCUT2D eigenvalue weighted by molar-refractivity contribution is 0.0598. The molecule has 3 aromatic rings. The minimum atomic E-state index is -0.632. The molecule has 2 amide bonds. The first-order chi connectivity index (χ1) is 14.9. The molecule has 0 fully saturated rings. The Balaban J connectivity index is 1.59. The maximum absolute atomic E-state index is 13.0. The number of fused-ring (bicyclic) bond motifs is 1. The van der Waals surface area contributed by atoms with E-state index in [1.807, 2.05) is 54.6 Å². The number of phenols is 1. The normalized spacial score (nSPS) is 13.9. The van der Waals surface area contributed by atoms with Gasteiger partial charge in [0.2, 0.25) is 0 Å². The molecule has 3 aromatic carbocycles. The molecule has 0 spiro atoms. The van der Waals surface area contributed by atoms with Crippen LogP contribution in [0.2, 0.25) is 0 Å². The van der Waals surface area contributed by atoms with Crippen LogP contribution in [0.25, 0.3) is 11.1 Å². The standard InChI is InChI=1S/C25H20ClNO4/c1-15(28)20-11-12-21-22(23(20)29)25(31)27(24(21)30)19(14-26)13-16-7-9-18(10-8-16)17-5-3-2-4-6-17/h2-12,19,29H,13-14H2,1H3/t19-/m0/s1. The van der Waals surface area contributed by atoms with Gasteiger partial charge < -0.3 is 5.11 Å². The SMILES string of the molecule is CC(=O)c1ccc2c(c1O)C(=O)N([C@H](CCl)Cc1ccc(-c3ccccc3)cc1)C2=O. The lowest BCUT2D eigenvalue weighted by Gasteiger charge is -2.24. The van der Waals surface area contributed by atoms with E-state index in [2.05, 4.69) is 0 Å². The number of hydrogen-bond acceptors (Lipinski definition) is 4. The first-order valence-electron chi connectivity index (χ1n) is 9.87. The van der Waals surface area contributed by atoms with E-state index in [1.54, 1.807) is 0 Å². The molecule has 1 heterocycles. The van der Waals surface area contributed by atoms with Gasteiger partial charge in [0, 0.05) is 5.88 Å². The summed E-state index contributed by atoms with van der Waals surface area (Å²) in [7, 11) is 0. The molecule has 1 aliphatic rings. The number of ketones is 1. The number of rotatable bonds is 6. The fourth-order valence-corrected chi connectivity index (χ4v) is 4.14. The number of halogens is 1. The summed E-state index contributed by atoms with van der Waals surface area (Å²) in [6, 6.07) is 20.0. The number of carbonyl (C=O) groups excluding carboxylic acids is 3. The lowest BCUT2D eigenvalue weighted by atomic mass is 10.0. The molecular formula is C25H20ClNO4. The minimum absolute atomic E-state index is 0.0145. The Morgan fingerprint density at radius 1 is 0.935 bits per heavy atom. The van der Waals surface area contributed by atoms with Gasteiger partial charge in [-0.2, -0.15) is 0 Å². The van der Waals surface area contributed by atoms with Crippen molar-refractivity contribution in [1.82, 2.24) is 4.90 Å². The van der Waals surface area contributed by atoms with E-state index in [1.165, 1.54) is 19.1 Å². The number of aromatic hydroxyl groups is 1. The van der Waals surface area contributed by atoms with E-state index in [-0.39, 0.29) is 28.4 Å². The third kappa shape index (κ3) is 3.73. The van der Waals surface area contributed by atoms with Crippen LogP contribution in [-0.4, -0.2) is 39.5 Å². The van der Waals surface area contributed by atoms with Crippen LogP contribution in [0, 0.1) is 0 Å². The molecule has 156 valence electrons. The highest BCUT2D eigenvalue weighted by molar-refractivity contribution is 6.25. The Labute approximate surface area is 184 Å². The van der Waals surface area contributed by atoms with E-state index in [9.17, 15) is 19.5 Å². The van der Waals surface area contributed by atoms with Gasteiger partial charge in [0.25, 0.3) is 11.8 Å². The Kier molecular flexibility index (Phi) is 5.61. The van der Waals surface area contributed by atoms with Gasteiger partial charge in [-0.25, -0.2) is 0 Å². The van der Waals surface area contributed by atoms with Crippen molar-refractivity contribution in [2.75, 3.05) is 5.88 Å². The van der Waals surface area contributed by atoms with Crippen LogP contribution in [0.15, 0.2) is 66.7 Å². The maximum atomic E-state index is 13.0. The Morgan fingerprint density at radius 3 is 2.19 bits per heavy atom. The van der Waals surface area contributed by atoms with Crippen molar-refractivity contribution >= 4 is 29.2 Å². The summed E-state index contributed by atoms with van der Waals surface area (Å²) in [6.45, 7) is 1.29. The van der Waals surface area contributed by atoms with Crippen LogP contribution in [0.4, 0.5) is 0 Å². The van der Waals surface area contributed by atoms with Gasteiger partial charge >= 0.3 is 0 Å². The molecule has 0 bridgehead atoms. The number of carbonyl (C=O) groups is 3. The molecule has 31 heavy (non-hydrogen) atoms. The number of imide groups is 1. The predicted molar refractivity (Wildman–Crippen MR) is 119 cm³/mol. The Bertz CT molecular complexity index is 1170. The second kappa shape index (κ2) is 8.36. The number of hydrogen-bond donors (Lipinski definition) is 1. The monoisotopic (exact) mass is 433 g/mol. The highest BCUT2D eigenvalue weighted by Crippen LogP contribution is 2.35. The van der Waals surface area contributed by atoms with Gasteiger partial charge in [-0.15, -0.1) is 11.6 Å². The molecule has 0 aliphatic carbocycles. The zero-order valence-electron chi connectivity index (χ0n) is 16.8. The molecule has 4 rings (SSSR count). The van der Waals surface area contributed by atoms with Crippen LogP contribution >= 0.6 is 11.6 Å². The maximum Gasteiger partial charge on any atom is 0.265 e. The summed E-state index contributed by atoms with van der Waals surface area (Å²) in [6.07, 6.45) is 0.379. The first kappa shape index (κ1) is 20.8. The lowest BCUT2D eigenvalue weighted by Crippen LogP contribution is -2.42. The fourth-order valence-electron chi connectivity index (χ4n) is 3.89. The Hall–Kier alpha value is -3.44. The second-order valence-electron chi connectivity index (χ2n) is 7.50. The number of benzene rings is 3. The largest absolute Gasteiger partial charge is 0.506 e. The summed E-state index contributed by atoms with van der Waals surface area (Å²) in [5.74, 6) is -1.94. The van der Waals surface area contributed by atoms with Crippen molar-refractivity contribution in [2.24, 2.45) is 0 Å². The van der Waals surface area contributed by atoms with Crippen LogP contribution in [0.3, 0.4) is 0 Å². The van der Waals surface area contributed by atoms with Crippen molar-refractivity contribution in [2.45, 2.75) is 19.4 Å². The molecular weight excluding hydrogens is 414 g/mol. The molecule has 0 aromatic heterocycles. The summed E-state index contributed by atoms with van der Waals surface area (Å²) >= 11 is 6.16. The van der Waals surface area contributed by atoms with Gasteiger partial charge in [-0.3, -0.25) is 19.3 Å². The van der Waals surface area contributed by atoms with Gasteiger partial charge in [0.1, 0.15) is 5.75 Å². The highest BCUT2D eigenvalue weighted by atomic mass is 35.5. The molecule has 1 aliphatic heterocycles. The van der Waals surface area contributed by atoms with E-state index < -0.39 is 23.6 Å². The molecule has 0 radical (unpaired) electrons. The quantitative estimate of drug-likeness (QED) is 0.347. The molecule has 0 unspecified atom stereocenters. The number of amides is 2. The Morgan fingerprint density at radius 2 is 1.58 bits per heavy atom. The van der Waals surface area contributed by atoms with Crippen LogP contribution in [0.1, 0.15) is 43.6 Å². The number of alkyl halides is 1. The molecule has 1 N–H and O–H groups in total. The molecule has 1 atom stereocenters. The third-order valence-electron chi connectivity index (χ3n) is 5.51. The van der Waals surface area contributed by atoms with Gasteiger partial charge in [-0.05, 0) is 42.2 Å². The number of Topliss-reactive ketones (excluding diaryl/α,β-unsaturated/α-hetero) is 1. The fraction of sp³-hybridized carbons (Fsp3) is 0.160. The van der Waals surface area contributed by atoms with Gasteiger partial charge in [0.05, 0.1) is 22.7 Å². The topological polar surface area (TPSA) is 74.7 Å². The van der Waals surface area contributed by atoms with Gasteiger partial charge in [-0.1, -0.05) is 54.6 Å². The van der Waals surface area contributed by atoms with E-state index >= 15 is 0 Å². The van der Waals surface area contributed by atoms with Crippen LogP contribution < -0.4 is 0 Å². The summed E-state index contributed by atoms with van der Waals surface area (Å²) < 4.78 is 0. The molecule has 0 saturated heterocycles. The zero-order chi connectivity index (χ0) is 22.1. The van der Waals surface area contributed by atoms with Crippen LogP contribution in [-0.2, 0) is 6.42 Å². The number of phenolic OH excluding ortho intramolecular Hbond substituents is 1. The van der Waals surface area contributed by atoms with Crippen LogP contribution in [0.5, 0.6) is 5.75 Å². The molecule has 6 heteroatoms. The minimum Gasteiger partial charge on any atom is -0.506 e. The summed E-state index contributed by atoms with van der Waals surface area (Å²) in [5, 5.41) is 10.4. The molecule has 5 nitrogen and oxygen atoms in total. The molecule has 0 saturated carbocycles. The summed E-state index contributed by atoms with van der Waals surface area (Å²) in [5.41, 5.74) is 3.06. The average molecular weight is 434 g/mol. The van der Waals surface area contributed by atoms with Crippen molar-refractivity contribution in [3.8, 4) is 16.9 Å². The highest BCUT2D eigenvalue weighted by Gasteiger charge is 2.42. The third-order valence-corrected chi connectivity index (χ3v) is 5.87. The van der Waals surface area contributed by atoms with E-state index in [0.717, 1.165) is 21.6 Å². The van der Waals surface area contributed by atoms with Crippen molar-refractivity contribution < 1.29 is 19.5 Å². The summed E-state index contributed by atoms with van der Waals surface area (Å²) in [4.78, 5) is 38.7. The van der Waals surface area contributed by atoms with Crippen molar-refractivity contribution in [3.63, 3.8) is 0 Å². The predicted octanol–water partition coefficient (Wildman–Crippen LogP) is 4.71. The van der Waals surface area contributed by atoms with E-state index in [4.69, 9.17) is 11.6 Å². The van der Waals surface area contributed by atoms with E-state index in [0.29, 0.717) is 6.42 Å². The van der Waals surface area contributed by atoms with Gasteiger partial charge in [0.15, 0.2) is 5.78 Å². The number of nitrogens with zero attached hydrogens (tertiary/aromatic N) is 1. The first-order valence-corrected chi connectivity index (χ1v) is 10.4. The average Bonchev–Trinajstić information content (AvgIpc) is 3.04. The van der Waals surface area contributed by atoms with Crippen molar-refractivity contribution in [3.05, 3.63) is 89.0 Å². The zero-order valence-corrected chi connectivity index (χ0v) is 17.6. The second-order valence-corrected chi connectivity index (χ2v) is 7.80. The smallest absolute Gasteiger partial charge is 0.265 e. The van der Waals surface area contributed by atoms with Crippen molar-refractivity contribution in [1.29, 1.82) is 0 Å².